The number of aliphatic hydroxyl groups excluding tert-OH is 1. The number of carboxylic acid groups (broad SMARTS) is 1. The molecule has 0 bridgehead atoms. The maximum atomic E-state index is 14.0. The van der Waals surface area contributed by atoms with Gasteiger partial charge in [-0.15, -0.1) is 0 Å². The Kier molecular flexibility index (Phi) is 5.55. The van der Waals surface area contributed by atoms with E-state index in [1.807, 2.05) is 30.3 Å². The summed E-state index contributed by atoms with van der Waals surface area (Å²) in [6.45, 7) is 0.747. The summed E-state index contributed by atoms with van der Waals surface area (Å²) in [6.07, 6.45) is 3.28. The lowest BCUT2D eigenvalue weighted by molar-refractivity contribution is 0.0691. The summed E-state index contributed by atoms with van der Waals surface area (Å²) < 4.78 is 15.8. The molecule has 2 fully saturated rings. The van der Waals surface area contributed by atoms with Crippen LogP contribution in [-0.2, 0) is 0 Å². The second kappa shape index (κ2) is 8.50. The van der Waals surface area contributed by atoms with Gasteiger partial charge >= 0.3 is 5.97 Å². The highest BCUT2D eigenvalue weighted by atomic mass is 19.1. The minimum atomic E-state index is -1.21. The molecule has 7 nitrogen and oxygen atoms in total. The summed E-state index contributed by atoms with van der Waals surface area (Å²) in [5, 5.41) is 24.8. The number of hydrogen-bond donors (Lipinski definition) is 2. The fourth-order valence-electron chi connectivity index (χ4n) is 4.85. The molecule has 3 aromatic rings. The lowest BCUT2D eigenvalue weighted by Gasteiger charge is -2.35. The topological polar surface area (TPSA) is 91.5 Å². The van der Waals surface area contributed by atoms with Gasteiger partial charge in [-0.25, -0.2) is 18.9 Å². The van der Waals surface area contributed by atoms with E-state index >= 15 is 0 Å². The fourth-order valence-corrected chi connectivity index (χ4v) is 4.85. The van der Waals surface area contributed by atoms with Crippen molar-refractivity contribution in [1.82, 2.24) is 14.8 Å². The molecule has 0 amide bonds. The second-order valence-electron chi connectivity index (χ2n) is 8.81. The average molecular weight is 439 g/mol. The fraction of sp³-hybridized carbons (Fsp3) is 0.458. The molecular formula is C24H27FN4O3. The Bertz CT molecular complexity index is 1120. The van der Waals surface area contributed by atoms with Crippen LogP contribution in [-0.4, -0.2) is 56.8 Å². The summed E-state index contributed by atoms with van der Waals surface area (Å²) in [7, 11) is 0. The van der Waals surface area contributed by atoms with Crippen LogP contribution in [0.1, 0.15) is 54.2 Å². The van der Waals surface area contributed by atoms with Crippen LogP contribution in [0.2, 0.25) is 0 Å². The smallest absolute Gasteiger partial charge is 0.354 e. The van der Waals surface area contributed by atoms with Crippen LogP contribution in [0.25, 0.3) is 16.7 Å². The first-order valence-corrected chi connectivity index (χ1v) is 11.3. The molecule has 32 heavy (non-hydrogen) atoms. The molecule has 0 unspecified atom stereocenters. The zero-order chi connectivity index (χ0) is 22.2. The number of piperidine rings is 1. The maximum absolute atomic E-state index is 14.0. The monoisotopic (exact) mass is 438 g/mol. The number of aromatic carboxylic acids is 1. The lowest BCUT2D eigenvalue weighted by Crippen LogP contribution is -2.38. The van der Waals surface area contributed by atoms with Gasteiger partial charge in [0.2, 0.25) is 0 Å². The van der Waals surface area contributed by atoms with Gasteiger partial charge in [-0.05, 0) is 49.8 Å². The third kappa shape index (κ3) is 3.62. The van der Waals surface area contributed by atoms with Crippen molar-refractivity contribution in [1.29, 1.82) is 0 Å². The van der Waals surface area contributed by atoms with Crippen LogP contribution in [0.4, 0.5) is 10.1 Å². The number of halogens is 1. The van der Waals surface area contributed by atoms with Crippen molar-refractivity contribution in [2.45, 2.75) is 44.2 Å². The molecule has 2 aliphatic rings. The summed E-state index contributed by atoms with van der Waals surface area (Å²) in [5.74, 6) is -0.926. The predicted octanol–water partition coefficient (Wildman–Crippen LogP) is 3.93. The van der Waals surface area contributed by atoms with E-state index in [9.17, 15) is 19.4 Å². The number of alkyl halides is 1. The number of rotatable bonds is 6. The first kappa shape index (κ1) is 20.9. The molecule has 1 aromatic carbocycles. The quantitative estimate of drug-likeness (QED) is 0.606. The summed E-state index contributed by atoms with van der Waals surface area (Å²) >= 11 is 0. The summed E-state index contributed by atoms with van der Waals surface area (Å²) in [5.41, 5.74) is 3.15. The van der Waals surface area contributed by atoms with E-state index in [1.165, 1.54) is 0 Å². The molecule has 0 spiro atoms. The van der Waals surface area contributed by atoms with Crippen molar-refractivity contribution in [3.05, 3.63) is 47.8 Å². The van der Waals surface area contributed by atoms with E-state index in [-0.39, 0.29) is 11.6 Å². The third-order valence-electron chi connectivity index (χ3n) is 6.92. The van der Waals surface area contributed by atoms with Crippen LogP contribution in [0, 0.1) is 5.92 Å². The Morgan fingerprint density at radius 3 is 2.47 bits per heavy atom. The highest BCUT2D eigenvalue weighted by molar-refractivity contribution is 5.98. The van der Waals surface area contributed by atoms with Gasteiger partial charge in [0.15, 0.2) is 11.3 Å². The zero-order valence-electron chi connectivity index (χ0n) is 17.8. The molecule has 1 atom stereocenters. The van der Waals surface area contributed by atoms with Crippen LogP contribution in [0.15, 0.2) is 36.4 Å². The van der Waals surface area contributed by atoms with Gasteiger partial charge in [-0.3, -0.25) is 0 Å². The Morgan fingerprint density at radius 1 is 1.16 bits per heavy atom. The van der Waals surface area contributed by atoms with Gasteiger partial charge in [0.05, 0.1) is 29.1 Å². The molecule has 5 rings (SSSR count). The van der Waals surface area contributed by atoms with Crippen molar-refractivity contribution in [3.8, 4) is 5.69 Å². The number of aliphatic hydroxyl groups is 1. The number of carboxylic acids is 1. The molecule has 8 heteroatoms. The van der Waals surface area contributed by atoms with E-state index in [4.69, 9.17) is 5.10 Å². The number of carbonyl (C=O) groups is 1. The molecule has 2 N–H and O–H groups in total. The van der Waals surface area contributed by atoms with Crippen LogP contribution in [0.5, 0.6) is 0 Å². The standard InChI is InChI=1S/C24H27FN4O3/c25-18(14-30)15-9-11-28(12-10-15)20-13-19(24(31)32)26-23-21(20)22(16-5-4-6-16)27-29(23)17-7-2-1-3-8-17/h1-3,7-8,13,15-16,18,30H,4-6,9-12,14H2,(H,31,32)/t18-/m0/s1. The number of para-hydroxylation sites is 1. The van der Waals surface area contributed by atoms with Crippen molar-refractivity contribution in [3.63, 3.8) is 0 Å². The van der Waals surface area contributed by atoms with Gasteiger partial charge in [0, 0.05) is 19.0 Å². The van der Waals surface area contributed by atoms with Gasteiger partial charge < -0.3 is 15.1 Å². The lowest BCUT2D eigenvalue weighted by atomic mass is 9.81. The first-order chi connectivity index (χ1) is 15.6. The van der Waals surface area contributed by atoms with Crippen LogP contribution >= 0.6 is 0 Å². The third-order valence-corrected chi connectivity index (χ3v) is 6.92. The number of benzene rings is 1. The van der Waals surface area contributed by atoms with E-state index in [0.717, 1.165) is 41.7 Å². The van der Waals surface area contributed by atoms with Gasteiger partial charge in [0.25, 0.3) is 0 Å². The number of nitrogens with zero attached hydrogens (tertiary/aromatic N) is 4. The SMILES string of the molecule is O=C(O)c1cc(N2CCC([C@@H](F)CO)CC2)c2c(C3CCC3)nn(-c3ccccc3)c2n1. The van der Waals surface area contributed by atoms with Crippen molar-refractivity contribution in [2.75, 3.05) is 24.6 Å². The zero-order valence-corrected chi connectivity index (χ0v) is 17.8. The van der Waals surface area contributed by atoms with E-state index in [2.05, 4.69) is 9.88 Å². The Morgan fingerprint density at radius 2 is 1.88 bits per heavy atom. The number of anilines is 1. The summed E-state index contributed by atoms with van der Waals surface area (Å²) in [4.78, 5) is 18.6. The Balaban J connectivity index is 1.65. The number of hydrogen-bond acceptors (Lipinski definition) is 5. The molecule has 2 aromatic heterocycles. The molecule has 1 saturated carbocycles. The van der Waals surface area contributed by atoms with E-state index in [1.54, 1.807) is 10.7 Å². The highest BCUT2D eigenvalue weighted by Crippen LogP contribution is 2.43. The number of pyridine rings is 1. The maximum Gasteiger partial charge on any atom is 0.354 e. The molecule has 1 aliphatic heterocycles. The van der Waals surface area contributed by atoms with Gasteiger partial charge in [0.1, 0.15) is 6.17 Å². The average Bonchev–Trinajstić information content (AvgIpc) is 3.16. The second-order valence-corrected chi connectivity index (χ2v) is 8.81. The molecule has 1 saturated heterocycles. The Labute approximate surface area is 185 Å². The van der Waals surface area contributed by atoms with Crippen molar-refractivity contribution < 1.29 is 19.4 Å². The molecule has 168 valence electrons. The largest absolute Gasteiger partial charge is 0.477 e. The molecular weight excluding hydrogens is 411 g/mol. The summed E-state index contributed by atoms with van der Waals surface area (Å²) in [6, 6.07) is 11.3. The van der Waals surface area contributed by atoms with Crippen molar-refractivity contribution >= 4 is 22.7 Å². The van der Waals surface area contributed by atoms with Crippen LogP contribution < -0.4 is 4.90 Å². The number of aromatic nitrogens is 3. The highest BCUT2D eigenvalue weighted by Gasteiger charge is 2.32. The van der Waals surface area contributed by atoms with E-state index in [0.29, 0.717) is 37.5 Å². The van der Waals surface area contributed by atoms with Crippen LogP contribution in [0.3, 0.4) is 0 Å². The first-order valence-electron chi connectivity index (χ1n) is 11.3. The van der Waals surface area contributed by atoms with E-state index < -0.39 is 18.7 Å². The normalized spacial score (nSPS) is 18.6. The van der Waals surface area contributed by atoms with Crippen molar-refractivity contribution in [2.24, 2.45) is 5.92 Å². The Hall–Kier alpha value is -3.00. The minimum absolute atomic E-state index is 0.0226. The molecule has 1 aliphatic carbocycles. The molecule has 0 radical (unpaired) electrons. The number of fused-ring (bicyclic) bond motifs is 1. The molecule has 3 heterocycles. The minimum Gasteiger partial charge on any atom is -0.477 e. The van der Waals surface area contributed by atoms with Gasteiger partial charge in [-0.2, -0.15) is 5.10 Å². The predicted molar refractivity (Wildman–Crippen MR) is 119 cm³/mol. The van der Waals surface area contributed by atoms with Gasteiger partial charge in [-0.1, -0.05) is 24.6 Å².